The number of fused-ring (bicyclic) bond motifs is 1. The number of ether oxygens (including phenoxy) is 2. The highest BCUT2D eigenvalue weighted by Crippen LogP contribution is 2.28. The molecule has 3 heterocycles. The average Bonchev–Trinajstić information content (AvgIpc) is 3.75. The zero-order chi connectivity index (χ0) is 45.4. The van der Waals surface area contributed by atoms with Crippen LogP contribution >= 0.6 is 0 Å². The van der Waals surface area contributed by atoms with Crippen LogP contribution in [0.15, 0.2) is 72.8 Å². The van der Waals surface area contributed by atoms with Crippen molar-refractivity contribution < 1.29 is 57.4 Å². The second kappa shape index (κ2) is 19.7. The molecule has 3 atom stereocenters. The van der Waals surface area contributed by atoms with E-state index in [1.807, 2.05) is 0 Å². The summed E-state index contributed by atoms with van der Waals surface area (Å²) < 4.78 is 10.7. The highest BCUT2D eigenvalue weighted by Gasteiger charge is 2.39. The molecule has 1 fully saturated rings. The monoisotopic (exact) mass is 864 g/mol. The predicted molar refractivity (Wildman–Crippen MR) is 221 cm³/mol. The maximum atomic E-state index is 13.0. The van der Waals surface area contributed by atoms with Crippen molar-refractivity contribution in [3.05, 3.63) is 101 Å². The highest BCUT2D eigenvalue weighted by atomic mass is 16.7. The van der Waals surface area contributed by atoms with E-state index < -0.39 is 65.8 Å². The lowest BCUT2D eigenvalue weighted by Gasteiger charge is -2.29. The summed E-state index contributed by atoms with van der Waals surface area (Å²) in [4.78, 5) is 126. The minimum atomic E-state index is -1.01. The van der Waals surface area contributed by atoms with Crippen molar-refractivity contribution in [3.8, 4) is 5.75 Å². The van der Waals surface area contributed by atoms with Gasteiger partial charge < -0.3 is 41.0 Å². The molecule has 6 N–H and O–H groups in total. The predicted octanol–water partition coefficient (Wildman–Crippen LogP) is 2.06. The van der Waals surface area contributed by atoms with Gasteiger partial charge in [-0.2, -0.15) is 0 Å². The van der Waals surface area contributed by atoms with Crippen molar-refractivity contribution in [1.82, 2.24) is 31.1 Å². The number of anilines is 2. The fourth-order valence-corrected chi connectivity index (χ4v) is 6.73. The van der Waals surface area contributed by atoms with E-state index in [1.54, 1.807) is 61.5 Å². The molecule has 0 radical (unpaired) electrons. The Kier molecular flexibility index (Phi) is 13.9. The summed E-state index contributed by atoms with van der Waals surface area (Å²) in [6.45, 7) is 4.60. The Morgan fingerprint density at radius 1 is 0.810 bits per heavy atom. The summed E-state index contributed by atoms with van der Waals surface area (Å²) in [5.41, 5.74) is 3.75. The van der Waals surface area contributed by atoms with Crippen molar-refractivity contribution in [2.45, 2.75) is 77.9 Å². The molecule has 63 heavy (non-hydrogen) atoms. The van der Waals surface area contributed by atoms with E-state index in [1.165, 1.54) is 24.8 Å². The molecule has 3 aliphatic rings. The molecule has 3 aromatic carbocycles. The molecule has 328 valence electrons. The number of carbonyl (C=O) groups is 10. The molecule has 1 saturated heterocycles. The van der Waals surface area contributed by atoms with Crippen LogP contribution < -0.4 is 36.6 Å². The number of imide groups is 2. The lowest BCUT2D eigenvalue weighted by molar-refractivity contribution is -0.138. The quantitative estimate of drug-likeness (QED) is 0.0729. The van der Waals surface area contributed by atoms with Crippen molar-refractivity contribution >= 4 is 70.8 Å². The molecule has 0 spiro atoms. The molecule has 3 aromatic rings. The molecule has 0 bridgehead atoms. The number of hydrogen-bond acceptors (Lipinski definition) is 12. The van der Waals surface area contributed by atoms with Gasteiger partial charge in [0.05, 0.1) is 0 Å². The molecule has 0 aliphatic carbocycles. The van der Waals surface area contributed by atoms with Gasteiger partial charge in [-0.15, -0.1) is 0 Å². The second-order valence-electron chi connectivity index (χ2n) is 14.9. The van der Waals surface area contributed by atoms with E-state index >= 15 is 0 Å². The van der Waals surface area contributed by atoms with Crippen LogP contribution in [0.1, 0.15) is 65.7 Å². The van der Waals surface area contributed by atoms with Crippen LogP contribution in [-0.4, -0.2) is 93.9 Å². The molecule has 0 aromatic heterocycles. The normalized spacial score (nSPS) is 16.4. The Morgan fingerprint density at radius 3 is 2.21 bits per heavy atom. The van der Waals surface area contributed by atoms with Crippen molar-refractivity contribution in [3.63, 3.8) is 0 Å². The summed E-state index contributed by atoms with van der Waals surface area (Å²) in [5, 5.41) is 15.4. The van der Waals surface area contributed by atoms with Crippen LogP contribution in [0.25, 0.3) is 0 Å². The number of amides is 10. The minimum Gasteiger partial charge on any atom is -0.429 e. The van der Waals surface area contributed by atoms with Gasteiger partial charge in [0.1, 0.15) is 30.5 Å². The summed E-state index contributed by atoms with van der Waals surface area (Å²) in [6.07, 6.45) is 1.42. The molecular formula is C43H44N8O12. The maximum absolute atomic E-state index is 13.0. The number of rotatable bonds is 15. The molecule has 1 unspecified atom stereocenters. The summed E-state index contributed by atoms with van der Waals surface area (Å²) in [7, 11) is 0. The number of piperidine rings is 1. The van der Waals surface area contributed by atoms with Gasteiger partial charge in [0.15, 0.2) is 0 Å². The summed E-state index contributed by atoms with van der Waals surface area (Å²) in [5.74, 6) is -3.79. The molecule has 20 heteroatoms. The lowest BCUT2D eigenvalue weighted by atomic mass is 10.0. The van der Waals surface area contributed by atoms with E-state index in [-0.39, 0.29) is 63.1 Å². The fourth-order valence-electron chi connectivity index (χ4n) is 6.73. The highest BCUT2D eigenvalue weighted by molar-refractivity contribution is 6.13. The first-order chi connectivity index (χ1) is 30.0. The SMILES string of the molecule is Cc1ccc(NC(=O)NCc2ccc3c(c2)CN(C2CCC(=O)NC2=O)C3=O)cc1OC(=O)OCc1ccc(NC(=O)[C@H](C)NC(=O)[C@H](C)NC(=O)CCN2C(=O)C=CC2=O)cc1. The standard InChI is InChI=1S/C43H44N8O12/c1-23-4-8-30(48-42(60)44-20-27-7-11-31-28(18-27)21-51(41(31)59)32-12-13-34(52)49-40(32)58)19-33(23)63-43(61)62-22-26-5-9-29(10-6-26)47-39(57)25(3)46-38(56)24(2)45-35(53)16-17-50-36(54)14-15-37(50)55/h4-11,14-15,18-19,24-25,32H,12-13,16-17,20-22H2,1-3H3,(H,45,53)(H,46,56)(H,47,57)(H2,44,48,60)(H,49,52,58)/t24-,25-,32?/m0/s1. The van der Waals surface area contributed by atoms with E-state index in [4.69, 9.17) is 9.47 Å². The summed E-state index contributed by atoms with van der Waals surface area (Å²) in [6, 6.07) is 12.9. The van der Waals surface area contributed by atoms with Crippen LogP contribution in [0.4, 0.5) is 21.0 Å². The smallest absolute Gasteiger partial charge is 0.429 e. The fraction of sp³-hybridized carbons (Fsp3) is 0.302. The van der Waals surface area contributed by atoms with Gasteiger partial charge >= 0.3 is 12.2 Å². The van der Waals surface area contributed by atoms with Gasteiger partial charge in [0, 0.05) is 67.6 Å². The molecule has 0 saturated carbocycles. The number of urea groups is 1. The third-order valence-corrected chi connectivity index (χ3v) is 10.2. The first-order valence-corrected chi connectivity index (χ1v) is 19.8. The molecular weight excluding hydrogens is 821 g/mol. The van der Waals surface area contributed by atoms with Crippen LogP contribution in [0, 0.1) is 6.92 Å². The van der Waals surface area contributed by atoms with Gasteiger partial charge in [-0.05, 0) is 73.7 Å². The van der Waals surface area contributed by atoms with Gasteiger partial charge in [-0.25, -0.2) is 9.59 Å². The number of nitrogens with one attached hydrogen (secondary N) is 6. The van der Waals surface area contributed by atoms with Crippen molar-refractivity contribution in [2.75, 3.05) is 17.2 Å². The minimum absolute atomic E-state index is 0.122. The number of carbonyl (C=O) groups excluding carboxylic acids is 10. The lowest BCUT2D eigenvalue weighted by Crippen LogP contribution is -2.52. The van der Waals surface area contributed by atoms with Crippen molar-refractivity contribution in [2.24, 2.45) is 0 Å². The third-order valence-electron chi connectivity index (χ3n) is 10.2. The average molecular weight is 865 g/mol. The second-order valence-corrected chi connectivity index (χ2v) is 14.9. The van der Waals surface area contributed by atoms with Crippen LogP contribution in [0.2, 0.25) is 0 Å². The van der Waals surface area contributed by atoms with E-state index in [9.17, 15) is 47.9 Å². The van der Waals surface area contributed by atoms with Gasteiger partial charge in [0.25, 0.3) is 17.7 Å². The van der Waals surface area contributed by atoms with E-state index in [0.29, 0.717) is 39.2 Å². The van der Waals surface area contributed by atoms with E-state index in [0.717, 1.165) is 17.1 Å². The Labute approximate surface area is 360 Å². The maximum Gasteiger partial charge on any atom is 0.514 e. The molecule has 3 aliphatic heterocycles. The topological polar surface area (TPSA) is 268 Å². The first kappa shape index (κ1) is 44.6. The zero-order valence-corrected chi connectivity index (χ0v) is 34.4. The first-order valence-electron chi connectivity index (χ1n) is 19.8. The van der Waals surface area contributed by atoms with E-state index in [2.05, 4.69) is 31.9 Å². The van der Waals surface area contributed by atoms with Gasteiger partial charge in [-0.1, -0.05) is 30.3 Å². The largest absolute Gasteiger partial charge is 0.514 e. The molecule has 6 rings (SSSR count). The van der Waals surface area contributed by atoms with Crippen LogP contribution in [0.5, 0.6) is 5.75 Å². The number of nitrogens with zero attached hydrogens (tertiary/aromatic N) is 2. The van der Waals surface area contributed by atoms with Crippen LogP contribution in [0.3, 0.4) is 0 Å². The van der Waals surface area contributed by atoms with Crippen LogP contribution in [-0.2, 0) is 58.0 Å². The summed E-state index contributed by atoms with van der Waals surface area (Å²) >= 11 is 0. The number of hydrogen-bond donors (Lipinski definition) is 6. The van der Waals surface area contributed by atoms with Crippen molar-refractivity contribution in [1.29, 1.82) is 0 Å². The Bertz CT molecular complexity index is 2400. The molecule has 10 amide bonds. The zero-order valence-electron chi connectivity index (χ0n) is 34.4. The third kappa shape index (κ3) is 11.5. The number of benzene rings is 3. The number of aryl methyl sites for hydroxylation is 1. The Hall–Kier alpha value is -7.90. The van der Waals surface area contributed by atoms with Gasteiger partial charge in [-0.3, -0.25) is 48.6 Å². The Morgan fingerprint density at radius 2 is 1.49 bits per heavy atom. The molecule has 20 nitrogen and oxygen atoms in total. The van der Waals surface area contributed by atoms with Gasteiger partial charge in [0.2, 0.25) is 29.5 Å². The Balaban J connectivity index is 0.899.